The Bertz CT molecular complexity index is 1300. The minimum absolute atomic E-state index is 0.0132. The summed E-state index contributed by atoms with van der Waals surface area (Å²) < 4.78 is 6.87. The van der Waals surface area contributed by atoms with Gasteiger partial charge in [-0.3, -0.25) is 14.7 Å². The lowest BCUT2D eigenvalue weighted by molar-refractivity contribution is -0.131. The second kappa shape index (κ2) is 8.33. The molecule has 9 heteroatoms. The molecule has 0 unspecified atom stereocenters. The molecule has 0 atom stereocenters. The fraction of sp³-hybridized carbons (Fsp3) is 0.143. The number of halogens is 1. The highest BCUT2D eigenvalue weighted by atomic mass is 35.5. The molecule has 152 valence electrons. The summed E-state index contributed by atoms with van der Waals surface area (Å²) in [6.07, 6.45) is 0. The number of hydrogen-bond donors (Lipinski definition) is 1. The van der Waals surface area contributed by atoms with Crippen molar-refractivity contribution in [2.45, 2.75) is 19.0 Å². The van der Waals surface area contributed by atoms with Gasteiger partial charge in [0.2, 0.25) is 0 Å². The molecule has 0 aliphatic rings. The maximum absolute atomic E-state index is 12.3. The number of aryl methyl sites for hydroxylation is 2. The summed E-state index contributed by atoms with van der Waals surface area (Å²) in [5.74, 6) is 0.514. The Balaban J connectivity index is 1.58. The van der Waals surface area contributed by atoms with E-state index in [2.05, 4.69) is 15.1 Å². The predicted molar refractivity (Wildman–Crippen MR) is 116 cm³/mol. The van der Waals surface area contributed by atoms with Crippen LogP contribution < -0.4 is 10.3 Å². The van der Waals surface area contributed by atoms with Crippen molar-refractivity contribution in [1.29, 1.82) is 0 Å². The lowest BCUT2D eigenvalue weighted by Gasteiger charge is -2.08. The Labute approximate surface area is 181 Å². The molecule has 0 aliphatic carbocycles. The van der Waals surface area contributed by atoms with Crippen LogP contribution in [0.3, 0.4) is 0 Å². The molecule has 4 rings (SSSR count). The third-order valence-electron chi connectivity index (χ3n) is 4.46. The van der Waals surface area contributed by atoms with Gasteiger partial charge < -0.3 is 4.74 Å². The normalized spacial score (nSPS) is 11.0. The first kappa shape index (κ1) is 20.2. The van der Waals surface area contributed by atoms with Crippen LogP contribution in [0.15, 0.2) is 58.5 Å². The van der Waals surface area contributed by atoms with E-state index in [0.29, 0.717) is 27.4 Å². The van der Waals surface area contributed by atoms with E-state index in [1.165, 1.54) is 10.6 Å². The molecule has 7 nitrogen and oxygen atoms in total. The van der Waals surface area contributed by atoms with Gasteiger partial charge in [-0.2, -0.15) is 0 Å². The number of rotatable bonds is 5. The lowest BCUT2D eigenvalue weighted by Crippen LogP contribution is -2.12. The van der Waals surface area contributed by atoms with Crippen molar-refractivity contribution >= 4 is 35.0 Å². The number of nitrogens with one attached hydrogen (secondary N) is 1. The first-order valence-corrected chi connectivity index (χ1v) is 10.4. The summed E-state index contributed by atoms with van der Waals surface area (Å²) in [5.41, 5.74) is 3.01. The van der Waals surface area contributed by atoms with Crippen molar-refractivity contribution in [3.8, 4) is 17.1 Å². The van der Waals surface area contributed by atoms with Crippen molar-refractivity contribution in [2.24, 2.45) is 0 Å². The van der Waals surface area contributed by atoms with E-state index in [0.717, 1.165) is 28.5 Å². The van der Waals surface area contributed by atoms with Gasteiger partial charge in [0, 0.05) is 16.7 Å². The Kier molecular flexibility index (Phi) is 5.61. The second-order valence-corrected chi connectivity index (χ2v) is 8.04. The zero-order valence-electron chi connectivity index (χ0n) is 16.2. The lowest BCUT2D eigenvalue weighted by atomic mass is 10.1. The molecule has 0 saturated carbocycles. The molecule has 2 heterocycles. The summed E-state index contributed by atoms with van der Waals surface area (Å²) in [6, 6.07) is 13.9. The quantitative estimate of drug-likeness (QED) is 0.286. The summed E-state index contributed by atoms with van der Waals surface area (Å²) in [4.78, 5) is 33.1. The highest BCUT2D eigenvalue weighted by Crippen LogP contribution is 2.23. The van der Waals surface area contributed by atoms with Crippen molar-refractivity contribution in [3.05, 3.63) is 75.0 Å². The number of esters is 1. The number of hydrogen-bond acceptors (Lipinski definition) is 6. The summed E-state index contributed by atoms with van der Waals surface area (Å²) in [7, 11) is 0. The van der Waals surface area contributed by atoms with Gasteiger partial charge in [0.1, 0.15) is 5.75 Å². The predicted octanol–water partition coefficient (Wildman–Crippen LogP) is 4.05. The van der Waals surface area contributed by atoms with Crippen molar-refractivity contribution in [3.63, 3.8) is 0 Å². The van der Waals surface area contributed by atoms with E-state index in [1.54, 1.807) is 30.3 Å². The van der Waals surface area contributed by atoms with Crippen LogP contribution in [-0.2, 0) is 4.79 Å². The largest absolute Gasteiger partial charge is 0.426 e. The topological polar surface area (TPSA) is 89.3 Å². The smallest absolute Gasteiger partial charge is 0.321 e. The highest BCUT2D eigenvalue weighted by molar-refractivity contribution is 7.99. The monoisotopic (exact) mass is 440 g/mol. The van der Waals surface area contributed by atoms with Crippen molar-refractivity contribution in [2.75, 3.05) is 5.75 Å². The Morgan fingerprint density at radius 3 is 2.60 bits per heavy atom. The number of thioether (sulfide) groups is 1. The van der Waals surface area contributed by atoms with Crippen molar-refractivity contribution < 1.29 is 9.53 Å². The molecule has 0 spiro atoms. The highest BCUT2D eigenvalue weighted by Gasteiger charge is 2.14. The number of carbonyl (C=O) groups excluding carboxylic acids is 1. The van der Waals surface area contributed by atoms with E-state index in [9.17, 15) is 9.59 Å². The first-order valence-electron chi connectivity index (χ1n) is 9.05. The van der Waals surface area contributed by atoms with Crippen LogP contribution in [0, 0.1) is 13.8 Å². The number of carbonyl (C=O) groups is 1. The van der Waals surface area contributed by atoms with Crippen LogP contribution in [0.4, 0.5) is 0 Å². The van der Waals surface area contributed by atoms with Crippen LogP contribution in [0.5, 0.6) is 5.75 Å². The standard InChI is InChI=1S/C21H17ClN4O3S/c1-12-3-8-16(9-13(12)2)29-19(28)11-30-21-24-20(14-4-6-15(22)7-5-14)23-17-10-18(27)25-26(17)21/h3-10H,11H2,1-2H3,(H,25,27). The number of benzene rings is 2. The van der Waals surface area contributed by atoms with Gasteiger partial charge in [-0.15, -0.1) is 0 Å². The molecule has 0 amide bonds. The van der Waals surface area contributed by atoms with Gasteiger partial charge in [-0.05, 0) is 61.4 Å². The van der Waals surface area contributed by atoms with Crippen molar-refractivity contribution in [1.82, 2.24) is 19.6 Å². The number of fused-ring (bicyclic) bond motifs is 1. The molecular weight excluding hydrogens is 424 g/mol. The molecular formula is C21H17ClN4O3S. The summed E-state index contributed by atoms with van der Waals surface area (Å²) >= 11 is 7.10. The average molecular weight is 441 g/mol. The number of ether oxygens (including phenoxy) is 1. The molecule has 30 heavy (non-hydrogen) atoms. The Hall–Kier alpha value is -3.10. The maximum atomic E-state index is 12.3. The van der Waals surface area contributed by atoms with Crippen LogP contribution in [0.1, 0.15) is 11.1 Å². The fourth-order valence-corrected chi connectivity index (χ4v) is 3.62. The number of aromatic amines is 1. The van der Waals surface area contributed by atoms with E-state index in [-0.39, 0.29) is 11.3 Å². The van der Waals surface area contributed by atoms with Gasteiger partial charge in [0.05, 0.1) is 5.75 Å². The van der Waals surface area contributed by atoms with Gasteiger partial charge >= 0.3 is 5.97 Å². The van der Waals surface area contributed by atoms with E-state index in [1.807, 2.05) is 26.0 Å². The summed E-state index contributed by atoms with van der Waals surface area (Å²) in [6.45, 7) is 3.95. The number of nitrogens with zero attached hydrogens (tertiary/aromatic N) is 3. The molecule has 0 bridgehead atoms. The summed E-state index contributed by atoms with van der Waals surface area (Å²) in [5, 5.41) is 3.66. The first-order chi connectivity index (χ1) is 14.4. The van der Waals surface area contributed by atoms with Gasteiger partial charge in [-0.25, -0.2) is 14.5 Å². The molecule has 4 aromatic rings. The van der Waals surface area contributed by atoms with Crippen LogP contribution in [0.25, 0.3) is 17.0 Å². The van der Waals surface area contributed by atoms with E-state index < -0.39 is 5.97 Å². The molecule has 0 radical (unpaired) electrons. The minimum atomic E-state index is -0.419. The number of aromatic nitrogens is 4. The average Bonchev–Trinajstić information content (AvgIpc) is 3.09. The van der Waals surface area contributed by atoms with Crippen LogP contribution in [0.2, 0.25) is 5.02 Å². The Morgan fingerprint density at radius 2 is 1.87 bits per heavy atom. The molecule has 2 aromatic heterocycles. The molecule has 0 fully saturated rings. The fourth-order valence-electron chi connectivity index (χ4n) is 2.77. The van der Waals surface area contributed by atoms with E-state index in [4.69, 9.17) is 16.3 Å². The maximum Gasteiger partial charge on any atom is 0.321 e. The Morgan fingerprint density at radius 1 is 1.10 bits per heavy atom. The molecule has 2 aromatic carbocycles. The number of H-pyrrole nitrogens is 1. The third-order valence-corrected chi connectivity index (χ3v) is 5.62. The SMILES string of the molecule is Cc1ccc(OC(=O)CSc2nc(-c3ccc(Cl)cc3)nc3cc(=O)[nH]n23)cc1C. The molecule has 1 N–H and O–H groups in total. The van der Waals surface area contributed by atoms with Gasteiger partial charge in [0.15, 0.2) is 16.6 Å². The van der Waals surface area contributed by atoms with E-state index >= 15 is 0 Å². The third kappa shape index (κ3) is 4.39. The minimum Gasteiger partial charge on any atom is -0.426 e. The van der Waals surface area contributed by atoms with Gasteiger partial charge in [0.25, 0.3) is 5.56 Å². The molecule has 0 aliphatic heterocycles. The van der Waals surface area contributed by atoms with Crippen LogP contribution >= 0.6 is 23.4 Å². The van der Waals surface area contributed by atoms with Gasteiger partial charge in [-0.1, -0.05) is 29.4 Å². The zero-order valence-corrected chi connectivity index (χ0v) is 17.8. The molecule has 0 saturated heterocycles. The second-order valence-electron chi connectivity index (χ2n) is 6.66. The zero-order chi connectivity index (χ0) is 21.3. The van der Waals surface area contributed by atoms with Crippen LogP contribution in [-0.4, -0.2) is 31.3 Å².